The van der Waals surface area contributed by atoms with Crippen molar-refractivity contribution in [3.8, 4) is 21.8 Å². The van der Waals surface area contributed by atoms with Crippen LogP contribution in [0.1, 0.15) is 4.88 Å². The minimum absolute atomic E-state index is 0.842. The lowest BCUT2D eigenvalue weighted by Crippen LogP contribution is -2.20. The van der Waals surface area contributed by atoms with Gasteiger partial charge in [-0.2, -0.15) is 0 Å². The molecule has 0 fully saturated rings. The molecular formula is C21H15N3S. The number of nitrogens with zero attached hydrogens (tertiary/aromatic N) is 3. The first kappa shape index (κ1) is 14.4. The van der Waals surface area contributed by atoms with E-state index in [0.717, 1.165) is 22.8 Å². The fourth-order valence-electron chi connectivity index (χ4n) is 3.26. The molecule has 4 aromatic rings. The molecule has 0 atom stereocenters. The number of para-hydroxylation sites is 2. The van der Waals surface area contributed by atoms with E-state index in [9.17, 15) is 0 Å². The molecule has 3 heterocycles. The average Bonchev–Trinajstić information content (AvgIpc) is 3.13. The lowest BCUT2D eigenvalue weighted by atomic mass is 10.0. The van der Waals surface area contributed by atoms with Crippen LogP contribution in [0.15, 0.2) is 79.1 Å². The maximum atomic E-state index is 4.94. The van der Waals surface area contributed by atoms with Crippen LogP contribution in [0.5, 0.6) is 0 Å². The Labute approximate surface area is 150 Å². The average molecular weight is 341 g/mol. The highest BCUT2D eigenvalue weighted by atomic mass is 32.1. The third-order valence-electron chi connectivity index (χ3n) is 4.43. The van der Waals surface area contributed by atoms with E-state index in [-0.39, 0.29) is 0 Å². The summed E-state index contributed by atoms with van der Waals surface area (Å²) in [6.45, 7) is 0.842. The van der Waals surface area contributed by atoms with E-state index in [1.165, 1.54) is 21.8 Å². The van der Waals surface area contributed by atoms with Crippen LogP contribution in [0.25, 0.3) is 21.8 Å². The molecule has 1 aliphatic heterocycles. The van der Waals surface area contributed by atoms with E-state index >= 15 is 0 Å². The first-order chi connectivity index (χ1) is 12.4. The van der Waals surface area contributed by atoms with E-state index in [1.807, 2.05) is 12.3 Å². The Morgan fingerprint density at radius 1 is 0.880 bits per heavy atom. The number of pyridine rings is 1. The number of fused-ring (bicyclic) bond motifs is 3. The van der Waals surface area contributed by atoms with Gasteiger partial charge in [0.05, 0.1) is 22.8 Å². The maximum absolute atomic E-state index is 4.94. The number of hydrogen-bond acceptors (Lipinski definition) is 4. The zero-order valence-corrected chi connectivity index (χ0v) is 14.3. The SMILES string of the molecule is c1ccc(N2Cc3sc(-c4cccnc4)nc3-c3ccccc32)cc1. The third kappa shape index (κ3) is 2.42. The molecule has 0 saturated carbocycles. The van der Waals surface area contributed by atoms with Crippen molar-refractivity contribution in [3.63, 3.8) is 0 Å². The Morgan fingerprint density at radius 3 is 2.56 bits per heavy atom. The van der Waals surface area contributed by atoms with Crippen LogP contribution in [0, 0.1) is 0 Å². The zero-order chi connectivity index (χ0) is 16.6. The van der Waals surface area contributed by atoms with Crippen LogP contribution in [0.2, 0.25) is 0 Å². The van der Waals surface area contributed by atoms with E-state index < -0.39 is 0 Å². The third-order valence-corrected chi connectivity index (χ3v) is 5.51. The van der Waals surface area contributed by atoms with Gasteiger partial charge in [-0.3, -0.25) is 4.98 Å². The quantitative estimate of drug-likeness (QED) is 0.480. The molecule has 4 heteroatoms. The molecule has 2 aromatic heterocycles. The fourth-order valence-corrected chi connectivity index (χ4v) is 4.31. The van der Waals surface area contributed by atoms with Gasteiger partial charge in [0, 0.05) is 29.2 Å². The lowest BCUT2D eigenvalue weighted by molar-refractivity contribution is 0.975. The van der Waals surface area contributed by atoms with E-state index in [1.54, 1.807) is 17.5 Å². The minimum Gasteiger partial charge on any atom is -0.336 e. The van der Waals surface area contributed by atoms with Crippen LogP contribution in [-0.2, 0) is 6.54 Å². The summed E-state index contributed by atoms with van der Waals surface area (Å²) in [5.41, 5.74) is 5.79. The van der Waals surface area contributed by atoms with E-state index in [2.05, 4.69) is 70.5 Å². The Balaban J connectivity index is 1.67. The lowest BCUT2D eigenvalue weighted by Gasteiger charge is -2.30. The number of aromatic nitrogens is 2. The predicted octanol–water partition coefficient (Wildman–Crippen LogP) is 5.52. The molecule has 0 bridgehead atoms. The smallest absolute Gasteiger partial charge is 0.125 e. The van der Waals surface area contributed by atoms with Crippen LogP contribution >= 0.6 is 11.3 Å². The summed E-state index contributed by atoms with van der Waals surface area (Å²) >= 11 is 1.76. The van der Waals surface area contributed by atoms with Gasteiger partial charge in [0.1, 0.15) is 5.01 Å². The monoisotopic (exact) mass is 341 g/mol. The van der Waals surface area contributed by atoms with Gasteiger partial charge in [-0.1, -0.05) is 36.4 Å². The van der Waals surface area contributed by atoms with Crippen molar-refractivity contribution in [2.75, 3.05) is 4.90 Å². The van der Waals surface area contributed by atoms with Crippen molar-refractivity contribution < 1.29 is 0 Å². The molecule has 120 valence electrons. The summed E-state index contributed by atoms with van der Waals surface area (Å²) in [5.74, 6) is 0. The highest BCUT2D eigenvalue weighted by Gasteiger charge is 2.26. The van der Waals surface area contributed by atoms with Gasteiger partial charge in [0.2, 0.25) is 0 Å². The standard InChI is InChI=1S/C21H15N3S/c1-2-8-16(9-3-1)24-14-19-20(17-10-4-5-11-18(17)24)23-21(25-19)15-7-6-12-22-13-15/h1-13H,14H2. The van der Waals surface area contributed by atoms with Gasteiger partial charge in [0.25, 0.3) is 0 Å². The Kier molecular flexibility index (Phi) is 3.35. The summed E-state index contributed by atoms with van der Waals surface area (Å²) < 4.78 is 0. The maximum Gasteiger partial charge on any atom is 0.125 e. The summed E-state index contributed by atoms with van der Waals surface area (Å²) in [6.07, 6.45) is 3.68. The van der Waals surface area contributed by atoms with E-state index in [0.29, 0.717) is 0 Å². The van der Waals surface area contributed by atoms with Crippen molar-refractivity contribution in [1.82, 2.24) is 9.97 Å². The van der Waals surface area contributed by atoms with Gasteiger partial charge >= 0.3 is 0 Å². The molecule has 5 rings (SSSR count). The molecule has 1 aliphatic rings. The van der Waals surface area contributed by atoms with E-state index in [4.69, 9.17) is 4.98 Å². The molecule has 0 amide bonds. The summed E-state index contributed by atoms with van der Waals surface area (Å²) in [6, 6.07) is 23.1. The molecule has 0 aliphatic carbocycles. The number of thiazole rings is 1. The van der Waals surface area contributed by atoms with Crippen LogP contribution in [0.3, 0.4) is 0 Å². The summed E-state index contributed by atoms with van der Waals surface area (Å²) in [7, 11) is 0. The molecule has 25 heavy (non-hydrogen) atoms. The van der Waals surface area contributed by atoms with Gasteiger partial charge in [-0.05, 0) is 30.3 Å². The van der Waals surface area contributed by atoms with Crippen molar-refractivity contribution in [2.24, 2.45) is 0 Å². The number of rotatable bonds is 2. The first-order valence-electron chi connectivity index (χ1n) is 8.22. The van der Waals surface area contributed by atoms with Crippen molar-refractivity contribution in [2.45, 2.75) is 6.54 Å². The Morgan fingerprint density at radius 2 is 1.72 bits per heavy atom. The summed E-state index contributed by atoms with van der Waals surface area (Å²) in [4.78, 5) is 12.8. The highest BCUT2D eigenvalue weighted by molar-refractivity contribution is 7.15. The number of benzene rings is 2. The normalized spacial score (nSPS) is 12.6. The zero-order valence-electron chi connectivity index (χ0n) is 13.5. The number of anilines is 2. The van der Waals surface area contributed by atoms with Gasteiger partial charge in [0.15, 0.2) is 0 Å². The first-order valence-corrected chi connectivity index (χ1v) is 9.04. The van der Waals surface area contributed by atoms with Crippen molar-refractivity contribution in [1.29, 1.82) is 0 Å². The summed E-state index contributed by atoms with van der Waals surface area (Å²) in [5, 5.41) is 1.03. The topological polar surface area (TPSA) is 29.0 Å². The second-order valence-corrected chi connectivity index (χ2v) is 7.05. The predicted molar refractivity (Wildman–Crippen MR) is 103 cm³/mol. The molecule has 0 N–H and O–H groups in total. The fraction of sp³-hybridized carbons (Fsp3) is 0.0476. The number of hydrogen-bond donors (Lipinski definition) is 0. The van der Waals surface area contributed by atoms with Gasteiger partial charge in [-0.25, -0.2) is 4.98 Å². The van der Waals surface area contributed by atoms with Crippen molar-refractivity contribution >= 4 is 22.7 Å². The molecule has 0 spiro atoms. The van der Waals surface area contributed by atoms with Crippen molar-refractivity contribution in [3.05, 3.63) is 84.0 Å². The molecule has 0 saturated heterocycles. The molecule has 0 radical (unpaired) electrons. The molecule has 3 nitrogen and oxygen atoms in total. The van der Waals surface area contributed by atoms with Gasteiger partial charge in [-0.15, -0.1) is 11.3 Å². The van der Waals surface area contributed by atoms with Crippen LogP contribution in [0.4, 0.5) is 11.4 Å². The Bertz CT molecular complexity index is 1030. The molecule has 0 unspecified atom stereocenters. The second-order valence-electron chi connectivity index (χ2n) is 5.97. The largest absolute Gasteiger partial charge is 0.336 e. The highest BCUT2D eigenvalue weighted by Crippen LogP contribution is 2.45. The van der Waals surface area contributed by atoms with Gasteiger partial charge < -0.3 is 4.90 Å². The minimum atomic E-state index is 0.842. The molecule has 2 aromatic carbocycles. The second kappa shape index (κ2) is 5.83. The molecular weight excluding hydrogens is 326 g/mol. The van der Waals surface area contributed by atoms with Crippen LogP contribution < -0.4 is 4.90 Å². The Hall–Kier alpha value is -2.98. The van der Waals surface area contributed by atoms with Crippen LogP contribution in [-0.4, -0.2) is 9.97 Å².